The first-order valence-electron chi connectivity index (χ1n) is 3.09. The van der Waals surface area contributed by atoms with Gasteiger partial charge in [-0.2, -0.15) is 0 Å². The van der Waals surface area contributed by atoms with Crippen molar-refractivity contribution < 1.29 is 8.42 Å². The second-order valence-corrected chi connectivity index (χ2v) is 5.48. The van der Waals surface area contributed by atoms with E-state index in [1.54, 1.807) is 0 Å². The van der Waals surface area contributed by atoms with Gasteiger partial charge in [0, 0.05) is 0 Å². The third-order valence-corrected chi connectivity index (χ3v) is 3.85. The highest BCUT2D eigenvalue weighted by atomic mass is 79.9. The molecule has 5 nitrogen and oxygen atoms in total. The standard InChI is InChI=1S/C5H5BrClN3O2S/c6-3-13(11,12)10-5-2-1-4(7)8-9-5/h1-2H,3H2,(H,9,10). The Morgan fingerprint density at radius 1 is 1.46 bits per heavy atom. The van der Waals surface area contributed by atoms with Gasteiger partial charge in [0.05, 0.1) is 0 Å². The van der Waals surface area contributed by atoms with E-state index in [1.807, 2.05) is 0 Å². The van der Waals surface area contributed by atoms with Gasteiger partial charge in [-0.15, -0.1) is 10.2 Å². The summed E-state index contributed by atoms with van der Waals surface area (Å²) in [6.45, 7) is 0. The van der Waals surface area contributed by atoms with Gasteiger partial charge >= 0.3 is 0 Å². The molecule has 0 saturated carbocycles. The fourth-order valence-electron chi connectivity index (χ4n) is 0.557. The lowest BCUT2D eigenvalue weighted by molar-refractivity contribution is 0.605. The maximum atomic E-state index is 11.0. The summed E-state index contributed by atoms with van der Waals surface area (Å²) < 4.78 is 24.0. The van der Waals surface area contributed by atoms with Crippen molar-refractivity contribution in [1.29, 1.82) is 0 Å². The van der Waals surface area contributed by atoms with Crippen LogP contribution in [0.4, 0.5) is 5.82 Å². The molecule has 0 radical (unpaired) electrons. The zero-order valence-corrected chi connectivity index (χ0v) is 9.40. The summed E-state index contributed by atoms with van der Waals surface area (Å²) in [4.78, 5) is 0. The van der Waals surface area contributed by atoms with Crippen molar-refractivity contribution in [1.82, 2.24) is 10.2 Å². The van der Waals surface area contributed by atoms with Crippen molar-refractivity contribution in [3.8, 4) is 0 Å². The molecule has 0 spiro atoms. The summed E-state index contributed by atoms with van der Waals surface area (Å²) >= 11 is 8.27. The minimum Gasteiger partial charge on any atom is -0.265 e. The van der Waals surface area contributed by atoms with Gasteiger partial charge in [0.2, 0.25) is 10.0 Å². The van der Waals surface area contributed by atoms with E-state index in [4.69, 9.17) is 11.6 Å². The number of nitrogens with zero attached hydrogens (tertiary/aromatic N) is 2. The van der Waals surface area contributed by atoms with Crippen LogP contribution in [-0.4, -0.2) is 23.3 Å². The number of aromatic nitrogens is 2. The van der Waals surface area contributed by atoms with E-state index < -0.39 is 10.0 Å². The summed E-state index contributed by atoms with van der Waals surface area (Å²) in [5.74, 6) is 0.142. The normalized spacial score (nSPS) is 11.2. The second-order valence-electron chi connectivity index (χ2n) is 2.07. The minimum atomic E-state index is -3.36. The third-order valence-electron chi connectivity index (χ3n) is 1.04. The van der Waals surface area contributed by atoms with E-state index in [0.29, 0.717) is 0 Å². The Kier molecular flexibility index (Phi) is 3.46. The highest BCUT2D eigenvalue weighted by Crippen LogP contribution is 2.08. The molecule has 0 aliphatic heterocycles. The molecule has 1 N–H and O–H groups in total. The number of halogens is 2. The van der Waals surface area contributed by atoms with Crippen molar-refractivity contribution in [2.45, 2.75) is 0 Å². The van der Waals surface area contributed by atoms with Crippen LogP contribution in [0.5, 0.6) is 0 Å². The SMILES string of the molecule is O=S(=O)(CBr)Nc1ccc(Cl)nn1. The summed E-state index contributed by atoms with van der Waals surface area (Å²) in [6.07, 6.45) is 0. The highest BCUT2D eigenvalue weighted by molar-refractivity contribution is 9.10. The highest BCUT2D eigenvalue weighted by Gasteiger charge is 2.08. The van der Waals surface area contributed by atoms with Gasteiger partial charge in [0.25, 0.3) is 0 Å². The predicted octanol–water partition coefficient (Wildman–Crippen LogP) is 1.22. The predicted molar refractivity (Wildman–Crippen MR) is 53.4 cm³/mol. The molecule has 1 rings (SSSR count). The van der Waals surface area contributed by atoms with Crippen LogP contribution in [-0.2, 0) is 10.0 Å². The number of hydrogen-bond acceptors (Lipinski definition) is 4. The molecule has 1 heterocycles. The molecule has 13 heavy (non-hydrogen) atoms. The molecule has 8 heteroatoms. The van der Waals surface area contributed by atoms with E-state index >= 15 is 0 Å². The molecule has 0 aliphatic rings. The lowest BCUT2D eigenvalue weighted by Gasteiger charge is -2.02. The van der Waals surface area contributed by atoms with Crippen molar-refractivity contribution in [2.75, 3.05) is 9.38 Å². The van der Waals surface area contributed by atoms with Crippen LogP contribution < -0.4 is 4.72 Å². The molecule has 0 aliphatic carbocycles. The third kappa shape index (κ3) is 3.45. The molecular weight excluding hydrogens is 281 g/mol. The van der Waals surface area contributed by atoms with Gasteiger partial charge in [-0.1, -0.05) is 27.5 Å². The van der Waals surface area contributed by atoms with Gasteiger partial charge < -0.3 is 0 Å². The zero-order chi connectivity index (χ0) is 9.90. The molecule has 0 atom stereocenters. The Morgan fingerprint density at radius 2 is 2.15 bits per heavy atom. The Hall–Kier alpha value is -0.400. The Morgan fingerprint density at radius 3 is 2.62 bits per heavy atom. The first-order chi connectivity index (χ1) is 6.03. The van der Waals surface area contributed by atoms with E-state index in [-0.39, 0.29) is 15.6 Å². The topological polar surface area (TPSA) is 72.0 Å². The maximum Gasteiger partial charge on any atom is 0.243 e. The molecule has 1 aromatic heterocycles. The van der Waals surface area contributed by atoms with Crippen molar-refractivity contribution in [2.24, 2.45) is 0 Å². The molecule has 0 unspecified atom stereocenters. The van der Waals surface area contributed by atoms with Crippen molar-refractivity contribution in [3.63, 3.8) is 0 Å². The van der Waals surface area contributed by atoms with Crippen LogP contribution in [0.3, 0.4) is 0 Å². The zero-order valence-electron chi connectivity index (χ0n) is 6.24. The van der Waals surface area contributed by atoms with E-state index in [9.17, 15) is 8.42 Å². The largest absolute Gasteiger partial charge is 0.265 e. The van der Waals surface area contributed by atoms with E-state index in [0.717, 1.165) is 0 Å². The molecule has 0 bridgehead atoms. The van der Waals surface area contributed by atoms with Crippen molar-refractivity contribution >= 4 is 43.4 Å². The van der Waals surface area contributed by atoms with Crippen LogP contribution in [0.15, 0.2) is 12.1 Å². The Bertz CT molecular complexity index is 379. The molecule has 72 valence electrons. The Balaban J connectivity index is 2.82. The van der Waals surface area contributed by atoms with Gasteiger partial charge in [-0.05, 0) is 12.1 Å². The summed E-state index contributed by atoms with van der Waals surface area (Å²) in [7, 11) is -3.36. The monoisotopic (exact) mass is 285 g/mol. The van der Waals surface area contributed by atoms with Gasteiger partial charge in [0.15, 0.2) is 11.0 Å². The molecule has 0 fully saturated rings. The smallest absolute Gasteiger partial charge is 0.243 e. The van der Waals surface area contributed by atoms with Crippen molar-refractivity contribution in [3.05, 3.63) is 17.3 Å². The van der Waals surface area contributed by atoms with Gasteiger partial charge in [0.1, 0.15) is 4.66 Å². The number of sulfonamides is 1. The average Bonchev–Trinajstić information content (AvgIpc) is 2.09. The van der Waals surface area contributed by atoms with Crippen LogP contribution >= 0.6 is 27.5 Å². The first-order valence-corrected chi connectivity index (χ1v) is 6.24. The lowest BCUT2D eigenvalue weighted by atomic mass is 10.5. The number of hydrogen-bond donors (Lipinski definition) is 1. The van der Waals surface area contributed by atoms with Gasteiger partial charge in [-0.3, -0.25) is 4.72 Å². The number of alkyl halides is 1. The van der Waals surface area contributed by atoms with Crippen LogP contribution in [0.2, 0.25) is 5.15 Å². The molecule has 0 saturated heterocycles. The molecular formula is C5H5BrClN3O2S. The maximum absolute atomic E-state index is 11.0. The van der Waals surface area contributed by atoms with E-state index in [2.05, 4.69) is 30.8 Å². The summed E-state index contributed by atoms with van der Waals surface area (Å²) in [6, 6.07) is 2.87. The summed E-state index contributed by atoms with van der Waals surface area (Å²) in [5, 5.41) is 7.20. The number of nitrogens with one attached hydrogen (secondary N) is 1. The average molecular weight is 287 g/mol. The minimum absolute atomic E-state index is 0.142. The van der Waals surface area contributed by atoms with Gasteiger partial charge in [-0.25, -0.2) is 8.42 Å². The molecule has 1 aromatic rings. The number of anilines is 1. The second kappa shape index (κ2) is 4.21. The fourth-order valence-corrected chi connectivity index (χ4v) is 1.48. The van der Waals surface area contributed by atoms with E-state index in [1.165, 1.54) is 12.1 Å². The Labute approximate surface area is 88.7 Å². The quantitative estimate of drug-likeness (QED) is 0.848. The number of rotatable bonds is 3. The lowest BCUT2D eigenvalue weighted by Crippen LogP contribution is -2.14. The fraction of sp³-hybridized carbons (Fsp3) is 0.200. The molecule has 0 amide bonds. The summed E-state index contributed by atoms with van der Waals surface area (Å²) in [5.41, 5.74) is 0. The van der Waals surface area contributed by atoms with Crippen LogP contribution in [0.1, 0.15) is 0 Å². The first kappa shape index (κ1) is 10.7. The van der Waals surface area contributed by atoms with Crippen LogP contribution in [0, 0.1) is 0 Å². The van der Waals surface area contributed by atoms with Crippen LogP contribution in [0.25, 0.3) is 0 Å². The molecule has 0 aromatic carbocycles.